The van der Waals surface area contributed by atoms with Crippen molar-refractivity contribution in [2.75, 3.05) is 0 Å². The summed E-state index contributed by atoms with van der Waals surface area (Å²) in [7, 11) is 0. The van der Waals surface area contributed by atoms with Gasteiger partial charge in [-0.05, 0) is 17.7 Å². The van der Waals surface area contributed by atoms with Crippen molar-refractivity contribution in [1.82, 2.24) is 8.75 Å². The lowest BCUT2D eigenvalue weighted by Crippen LogP contribution is -2.01. The van der Waals surface area contributed by atoms with Crippen LogP contribution in [0.1, 0.15) is 17.4 Å². The molecule has 0 saturated carbocycles. The summed E-state index contributed by atoms with van der Waals surface area (Å²) in [6, 6.07) is 2.87. The maximum atomic E-state index is 12.8. The van der Waals surface area contributed by atoms with E-state index in [0.29, 0.717) is 0 Å². The summed E-state index contributed by atoms with van der Waals surface area (Å²) >= 11 is 0.923. The number of aliphatic hydroxyl groups is 1. The second-order valence-corrected chi connectivity index (χ2v) is 3.49. The Kier molecular flexibility index (Phi) is 2.70. The summed E-state index contributed by atoms with van der Waals surface area (Å²) in [6.45, 7) is 0. The molecule has 1 N–H and O–H groups in total. The van der Waals surface area contributed by atoms with Crippen LogP contribution in [-0.2, 0) is 0 Å². The van der Waals surface area contributed by atoms with Gasteiger partial charge in [0.05, 0.1) is 17.9 Å². The summed E-state index contributed by atoms with van der Waals surface area (Å²) < 4.78 is 33.2. The quantitative estimate of drug-likeness (QED) is 0.853. The molecule has 1 atom stereocenters. The lowest BCUT2D eigenvalue weighted by Gasteiger charge is -2.07. The molecule has 0 radical (unpaired) electrons. The van der Waals surface area contributed by atoms with E-state index < -0.39 is 17.7 Å². The fourth-order valence-electron chi connectivity index (χ4n) is 1.20. The van der Waals surface area contributed by atoms with Crippen molar-refractivity contribution in [2.24, 2.45) is 0 Å². The van der Waals surface area contributed by atoms with Crippen molar-refractivity contribution in [3.8, 4) is 0 Å². The molecule has 1 heterocycles. The van der Waals surface area contributed by atoms with Crippen molar-refractivity contribution in [3.05, 3.63) is 47.3 Å². The molecule has 78 valence electrons. The van der Waals surface area contributed by atoms with Gasteiger partial charge < -0.3 is 5.11 Å². The third-order valence-electron chi connectivity index (χ3n) is 1.86. The Hall–Kier alpha value is -1.40. The molecule has 6 heteroatoms. The van der Waals surface area contributed by atoms with Gasteiger partial charge in [0.2, 0.25) is 0 Å². The van der Waals surface area contributed by atoms with Crippen LogP contribution in [-0.4, -0.2) is 13.9 Å². The van der Waals surface area contributed by atoms with Crippen molar-refractivity contribution in [1.29, 1.82) is 0 Å². The highest BCUT2D eigenvalue weighted by Gasteiger charge is 2.14. The fourth-order valence-corrected chi connectivity index (χ4v) is 1.64. The Morgan fingerprint density at radius 1 is 1.20 bits per heavy atom. The SMILES string of the molecule is OC(c1cc(F)cc(F)c1)c1cnsn1. The average Bonchev–Trinajstić information content (AvgIpc) is 2.67. The van der Waals surface area contributed by atoms with Gasteiger partial charge in [-0.3, -0.25) is 0 Å². The number of halogens is 2. The molecule has 2 aromatic rings. The summed E-state index contributed by atoms with van der Waals surface area (Å²) in [5.74, 6) is -1.46. The average molecular weight is 228 g/mol. The maximum Gasteiger partial charge on any atom is 0.126 e. The van der Waals surface area contributed by atoms with Gasteiger partial charge in [0, 0.05) is 6.07 Å². The normalized spacial score (nSPS) is 12.7. The Balaban J connectivity index is 2.37. The number of rotatable bonds is 2. The van der Waals surface area contributed by atoms with Gasteiger partial charge in [-0.15, -0.1) is 0 Å². The van der Waals surface area contributed by atoms with Crippen LogP contribution in [0, 0.1) is 11.6 Å². The van der Waals surface area contributed by atoms with Crippen molar-refractivity contribution < 1.29 is 13.9 Å². The molecular formula is C9H6F2N2OS. The molecule has 0 aliphatic rings. The van der Waals surface area contributed by atoms with E-state index in [1.807, 2.05) is 0 Å². The summed E-state index contributed by atoms with van der Waals surface area (Å²) in [5.41, 5.74) is 0.408. The van der Waals surface area contributed by atoms with Gasteiger partial charge in [0.15, 0.2) is 0 Å². The summed E-state index contributed by atoms with van der Waals surface area (Å²) in [4.78, 5) is 0. The molecule has 1 aromatic heterocycles. The summed E-state index contributed by atoms with van der Waals surface area (Å²) in [5, 5.41) is 9.70. The van der Waals surface area contributed by atoms with Gasteiger partial charge in [-0.1, -0.05) is 0 Å². The van der Waals surface area contributed by atoms with Gasteiger partial charge in [-0.25, -0.2) is 8.78 Å². The number of benzene rings is 1. The molecule has 0 aliphatic carbocycles. The van der Waals surface area contributed by atoms with E-state index in [1.165, 1.54) is 6.20 Å². The number of aliphatic hydroxyl groups excluding tert-OH is 1. The van der Waals surface area contributed by atoms with E-state index in [0.717, 1.165) is 29.9 Å². The Morgan fingerprint density at radius 3 is 2.40 bits per heavy atom. The molecule has 0 aliphatic heterocycles. The molecule has 1 unspecified atom stereocenters. The molecule has 1 aromatic carbocycles. The van der Waals surface area contributed by atoms with E-state index in [1.54, 1.807) is 0 Å². The number of nitrogens with zero attached hydrogens (tertiary/aromatic N) is 2. The first-order valence-electron chi connectivity index (χ1n) is 4.08. The monoisotopic (exact) mass is 228 g/mol. The highest BCUT2D eigenvalue weighted by Crippen LogP contribution is 2.21. The van der Waals surface area contributed by atoms with Crippen molar-refractivity contribution in [3.63, 3.8) is 0 Å². The standard InChI is InChI=1S/C9H6F2N2OS/c10-6-1-5(2-7(11)3-6)9(14)8-4-12-15-13-8/h1-4,9,14H. The van der Waals surface area contributed by atoms with E-state index in [9.17, 15) is 13.9 Å². The number of hydrogen-bond donors (Lipinski definition) is 1. The van der Waals surface area contributed by atoms with Crippen LogP contribution in [0.25, 0.3) is 0 Å². The second kappa shape index (κ2) is 4.00. The van der Waals surface area contributed by atoms with E-state index in [4.69, 9.17) is 0 Å². The van der Waals surface area contributed by atoms with Crippen molar-refractivity contribution in [2.45, 2.75) is 6.10 Å². The second-order valence-electron chi connectivity index (χ2n) is 2.94. The number of aromatic nitrogens is 2. The predicted molar refractivity (Wildman–Crippen MR) is 50.3 cm³/mol. The molecule has 2 rings (SSSR count). The molecule has 0 fully saturated rings. The van der Waals surface area contributed by atoms with Crippen LogP contribution < -0.4 is 0 Å². The number of hydrogen-bond acceptors (Lipinski definition) is 4. The molecule has 3 nitrogen and oxygen atoms in total. The third kappa shape index (κ3) is 2.16. The first kappa shape index (κ1) is 10.1. The minimum absolute atomic E-state index is 0.125. The largest absolute Gasteiger partial charge is 0.382 e. The molecule has 0 saturated heterocycles. The molecule has 0 spiro atoms. The van der Waals surface area contributed by atoms with Gasteiger partial charge in [0.1, 0.15) is 23.4 Å². The van der Waals surface area contributed by atoms with Gasteiger partial charge >= 0.3 is 0 Å². The highest BCUT2D eigenvalue weighted by molar-refractivity contribution is 6.99. The lowest BCUT2D eigenvalue weighted by molar-refractivity contribution is 0.215. The van der Waals surface area contributed by atoms with E-state index in [-0.39, 0.29) is 11.3 Å². The molecular weight excluding hydrogens is 222 g/mol. The lowest BCUT2D eigenvalue weighted by atomic mass is 10.1. The Bertz CT molecular complexity index is 441. The Labute approximate surface area is 88.3 Å². The van der Waals surface area contributed by atoms with Gasteiger partial charge in [0.25, 0.3) is 0 Å². The van der Waals surface area contributed by atoms with Crippen LogP contribution in [0.5, 0.6) is 0 Å². The topological polar surface area (TPSA) is 46.0 Å². The zero-order valence-corrected chi connectivity index (χ0v) is 8.21. The van der Waals surface area contributed by atoms with Crippen LogP contribution in [0.2, 0.25) is 0 Å². The minimum Gasteiger partial charge on any atom is -0.382 e. The fraction of sp³-hybridized carbons (Fsp3) is 0.111. The highest BCUT2D eigenvalue weighted by atomic mass is 32.1. The Morgan fingerprint density at radius 2 is 1.87 bits per heavy atom. The van der Waals surface area contributed by atoms with Gasteiger partial charge in [-0.2, -0.15) is 8.75 Å². The third-order valence-corrected chi connectivity index (χ3v) is 2.35. The summed E-state index contributed by atoms with van der Waals surface area (Å²) in [6.07, 6.45) is 0.215. The zero-order valence-electron chi connectivity index (χ0n) is 7.39. The van der Waals surface area contributed by atoms with Crippen LogP contribution >= 0.6 is 11.7 Å². The molecule has 15 heavy (non-hydrogen) atoms. The first-order valence-corrected chi connectivity index (χ1v) is 4.81. The minimum atomic E-state index is -1.14. The van der Waals surface area contributed by atoms with Crippen molar-refractivity contribution >= 4 is 11.7 Å². The van der Waals surface area contributed by atoms with Crippen LogP contribution in [0.15, 0.2) is 24.4 Å². The maximum absolute atomic E-state index is 12.8. The molecule has 0 bridgehead atoms. The van der Waals surface area contributed by atoms with Crippen LogP contribution in [0.4, 0.5) is 8.78 Å². The predicted octanol–water partition coefficient (Wildman–Crippen LogP) is 1.90. The smallest absolute Gasteiger partial charge is 0.126 e. The molecule has 0 amide bonds. The van der Waals surface area contributed by atoms with E-state index >= 15 is 0 Å². The first-order chi connectivity index (χ1) is 7.16. The zero-order chi connectivity index (χ0) is 10.8. The van der Waals surface area contributed by atoms with Crippen LogP contribution in [0.3, 0.4) is 0 Å². The van der Waals surface area contributed by atoms with E-state index in [2.05, 4.69) is 8.75 Å².